The van der Waals surface area contributed by atoms with Crippen LogP contribution in [-0.4, -0.2) is 22.4 Å². The molecular weight excluding hydrogens is 212 g/mol. The third kappa shape index (κ3) is 10.3. The Balaban J connectivity index is 3.87. The summed E-state index contributed by atoms with van der Waals surface area (Å²) in [5.41, 5.74) is 2.01. The summed E-state index contributed by atoms with van der Waals surface area (Å²) in [5, 5.41) is 18.7. The molecule has 2 heteroatoms. The fourth-order valence-corrected chi connectivity index (χ4v) is 1.69. The van der Waals surface area contributed by atoms with Gasteiger partial charge in [-0.2, -0.15) is 0 Å². The molecule has 0 heterocycles. The second kappa shape index (κ2) is 8.48. The summed E-state index contributed by atoms with van der Waals surface area (Å²) in [6, 6.07) is 0. The third-order valence-corrected chi connectivity index (χ3v) is 2.92. The average molecular weight is 240 g/mol. The van der Waals surface area contributed by atoms with Crippen molar-refractivity contribution < 1.29 is 10.2 Å². The van der Waals surface area contributed by atoms with Crippen LogP contribution >= 0.6 is 0 Å². The molecule has 0 aliphatic rings. The van der Waals surface area contributed by atoms with Gasteiger partial charge in [-0.3, -0.25) is 0 Å². The lowest BCUT2D eigenvalue weighted by Crippen LogP contribution is -2.24. The van der Waals surface area contributed by atoms with E-state index in [9.17, 15) is 5.11 Å². The van der Waals surface area contributed by atoms with E-state index in [0.717, 1.165) is 19.3 Å². The first-order valence-electron chi connectivity index (χ1n) is 6.49. The Hall–Kier alpha value is -0.600. The van der Waals surface area contributed by atoms with Crippen LogP contribution in [0.15, 0.2) is 23.3 Å². The Bertz CT molecular complexity index is 258. The molecule has 0 radical (unpaired) electrons. The topological polar surface area (TPSA) is 40.5 Å². The number of hydrogen-bond donors (Lipinski definition) is 2. The van der Waals surface area contributed by atoms with E-state index in [1.807, 2.05) is 0 Å². The molecule has 0 fully saturated rings. The maximum atomic E-state index is 9.88. The van der Waals surface area contributed by atoms with E-state index in [-0.39, 0.29) is 6.61 Å². The van der Waals surface area contributed by atoms with Crippen molar-refractivity contribution in [2.75, 3.05) is 6.61 Å². The number of aliphatic hydroxyl groups is 2. The lowest BCUT2D eigenvalue weighted by molar-refractivity contribution is 0.0264. The molecule has 100 valence electrons. The second-order valence-corrected chi connectivity index (χ2v) is 5.38. The molecule has 0 aromatic carbocycles. The molecular formula is C15H28O2. The minimum atomic E-state index is -0.731. The highest BCUT2D eigenvalue weighted by Gasteiger charge is 2.17. The summed E-state index contributed by atoms with van der Waals surface area (Å²) < 4.78 is 0. The summed E-state index contributed by atoms with van der Waals surface area (Å²) in [7, 11) is 0. The molecule has 1 unspecified atom stereocenters. The van der Waals surface area contributed by atoms with Gasteiger partial charge in [0.2, 0.25) is 0 Å². The molecule has 17 heavy (non-hydrogen) atoms. The Kier molecular flexibility index (Phi) is 8.19. The maximum absolute atomic E-state index is 9.88. The second-order valence-electron chi connectivity index (χ2n) is 5.38. The van der Waals surface area contributed by atoms with Gasteiger partial charge in [0.1, 0.15) is 0 Å². The quantitative estimate of drug-likeness (QED) is 0.636. The standard InChI is InChI=1S/C15H28O2/c1-13(2)7-5-8-14(3)9-6-10-15(4,17)11-12-16/h7,9,16-17H,5-6,8,10-12H2,1-4H3. The fourth-order valence-electron chi connectivity index (χ4n) is 1.69. The van der Waals surface area contributed by atoms with Crippen LogP contribution in [0.4, 0.5) is 0 Å². The van der Waals surface area contributed by atoms with E-state index in [1.165, 1.54) is 11.1 Å². The third-order valence-electron chi connectivity index (χ3n) is 2.92. The monoisotopic (exact) mass is 240 g/mol. The van der Waals surface area contributed by atoms with E-state index in [1.54, 1.807) is 6.92 Å². The first kappa shape index (κ1) is 16.4. The molecule has 0 rings (SSSR count). The van der Waals surface area contributed by atoms with Gasteiger partial charge >= 0.3 is 0 Å². The lowest BCUT2D eigenvalue weighted by Gasteiger charge is -2.21. The number of allylic oxidation sites excluding steroid dienone is 4. The van der Waals surface area contributed by atoms with Crippen molar-refractivity contribution in [3.8, 4) is 0 Å². The van der Waals surface area contributed by atoms with Crippen LogP contribution in [-0.2, 0) is 0 Å². The van der Waals surface area contributed by atoms with Crippen molar-refractivity contribution in [1.82, 2.24) is 0 Å². The van der Waals surface area contributed by atoms with Crippen LogP contribution in [0.25, 0.3) is 0 Å². The fraction of sp³-hybridized carbons (Fsp3) is 0.733. The van der Waals surface area contributed by atoms with Gasteiger partial charge in [0.15, 0.2) is 0 Å². The molecule has 0 aliphatic heterocycles. The molecule has 0 amide bonds. The Labute approximate surface area is 106 Å². The van der Waals surface area contributed by atoms with E-state index in [2.05, 4.69) is 32.9 Å². The predicted octanol–water partition coefficient (Wildman–Crippen LogP) is 3.59. The van der Waals surface area contributed by atoms with Crippen LogP contribution < -0.4 is 0 Å². The Morgan fingerprint density at radius 3 is 2.24 bits per heavy atom. The normalized spacial score (nSPS) is 15.5. The SMILES string of the molecule is CC(C)=CCCC(C)=CCCC(C)(O)CCO. The minimum Gasteiger partial charge on any atom is -0.396 e. The molecule has 1 atom stereocenters. The summed E-state index contributed by atoms with van der Waals surface area (Å²) in [6.45, 7) is 8.21. The highest BCUT2D eigenvalue weighted by Crippen LogP contribution is 2.17. The van der Waals surface area contributed by atoms with Crippen molar-refractivity contribution in [2.24, 2.45) is 0 Å². The molecule has 0 saturated heterocycles. The predicted molar refractivity (Wildman–Crippen MR) is 74.0 cm³/mol. The molecule has 2 N–H and O–H groups in total. The summed E-state index contributed by atoms with van der Waals surface area (Å²) in [5.74, 6) is 0. The minimum absolute atomic E-state index is 0.0519. The van der Waals surface area contributed by atoms with Gasteiger partial charge in [0.25, 0.3) is 0 Å². The van der Waals surface area contributed by atoms with E-state index in [4.69, 9.17) is 5.11 Å². The summed E-state index contributed by atoms with van der Waals surface area (Å²) in [4.78, 5) is 0. The Morgan fingerprint density at radius 1 is 1.06 bits per heavy atom. The first-order chi connectivity index (χ1) is 7.87. The highest BCUT2D eigenvalue weighted by atomic mass is 16.3. The van der Waals surface area contributed by atoms with E-state index in [0.29, 0.717) is 12.8 Å². The maximum Gasteiger partial charge on any atom is 0.0644 e. The van der Waals surface area contributed by atoms with Gasteiger partial charge in [0, 0.05) is 6.61 Å². The molecule has 0 spiro atoms. The molecule has 0 aromatic heterocycles. The van der Waals surface area contributed by atoms with Crippen molar-refractivity contribution in [3.63, 3.8) is 0 Å². The van der Waals surface area contributed by atoms with Gasteiger partial charge < -0.3 is 10.2 Å². The molecule has 0 aromatic rings. The van der Waals surface area contributed by atoms with E-state index >= 15 is 0 Å². The van der Waals surface area contributed by atoms with Crippen LogP contribution in [0.2, 0.25) is 0 Å². The number of aliphatic hydroxyl groups excluding tert-OH is 1. The highest BCUT2D eigenvalue weighted by molar-refractivity contribution is 5.02. The van der Waals surface area contributed by atoms with Gasteiger partial charge in [0.05, 0.1) is 5.60 Å². The number of hydrogen-bond acceptors (Lipinski definition) is 2. The smallest absolute Gasteiger partial charge is 0.0644 e. The first-order valence-corrected chi connectivity index (χ1v) is 6.49. The average Bonchev–Trinajstić information content (AvgIpc) is 2.16. The van der Waals surface area contributed by atoms with Gasteiger partial charge in [-0.1, -0.05) is 23.3 Å². The summed E-state index contributed by atoms with van der Waals surface area (Å²) in [6.07, 6.45) is 8.69. The summed E-state index contributed by atoms with van der Waals surface area (Å²) >= 11 is 0. The van der Waals surface area contributed by atoms with Crippen molar-refractivity contribution >= 4 is 0 Å². The number of rotatable bonds is 8. The van der Waals surface area contributed by atoms with Crippen LogP contribution in [0.5, 0.6) is 0 Å². The zero-order valence-electron chi connectivity index (χ0n) is 11.8. The van der Waals surface area contributed by atoms with E-state index < -0.39 is 5.60 Å². The Morgan fingerprint density at radius 2 is 1.71 bits per heavy atom. The molecule has 2 nitrogen and oxygen atoms in total. The molecule has 0 aliphatic carbocycles. The van der Waals surface area contributed by atoms with Gasteiger partial charge in [-0.25, -0.2) is 0 Å². The lowest BCUT2D eigenvalue weighted by atomic mass is 9.95. The zero-order valence-corrected chi connectivity index (χ0v) is 11.8. The van der Waals surface area contributed by atoms with Crippen molar-refractivity contribution in [3.05, 3.63) is 23.3 Å². The van der Waals surface area contributed by atoms with Crippen molar-refractivity contribution in [1.29, 1.82) is 0 Å². The van der Waals surface area contributed by atoms with Crippen LogP contribution in [0, 0.1) is 0 Å². The van der Waals surface area contributed by atoms with Gasteiger partial charge in [-0.15, -0.1) is 0 Å². The van der Waals surface area contributed by atoms with Gasteiger partial charge in [-0.05, 0) is 59.8 Å². The molecule has 0 saturated carbocycles. The largest absolute Gasteiger partial charge is 0.396 e. The zero-order chi connectivity index (χ0) is 13.3. The van der Waals surface area contributed by atoms with Crippen LogP contribution in [0.1, 0.15) is 59.8 Å². The van der Waals surface area contributed by atoms with Crippen molar-refractivity contribution in [2.45, 2.75) is 65.4 Å². The van der Waals surface area contributed by atoms with Crippen LogP contribution in [0.3, 0.4) is 0 Å². The molecule has 0 bridgehead atoms.